The number of thiophene rings is 1. The lowest BCUT2D eigenvalue weighted by Crippen LogP contribution is -2.49. The van der Waals surface area contributed by atoms with Crippen LogP contribution < -0.4 is 18.9 Å². The molecule has 2 N–H and O–H groups in total. The van der Waals surface area contributed by atoms with Crippen molar-refractivity contribution in [2.24, 2.45) is 0 Å². The van der Waals surface area contributed by atoms with Crippen LogP contribution in [0.1, 0.15) is 16.8 Å². The highest BCUT2D eigenvalue weighted by molar-refractivity contribution is 7.22. The lowest BCUT2D eigenvalue weighted by molar-refractivity contribution is -0.145. The third kappa shape index (κ3) is 9.23. The van der Waals surface area contributed by atoms with Crippen LogP contribution in [0.5, 0.6) is 28.9 Å². The van der Waals surface area contributed by atoms with Gasteiger partial charge in [-0.2, -0.15) is 0 Å². The van der Waals surface area contributed by atoms with Crippen molar-refractivity contribution in [2.75, 3.05) is 46.4 Å². The maximum Gasteiger partial charge on any atom is 0.345 e. The Hall–Kier alpha value is -6.39. The molecule has 0 amide bonds. The molecular formula is C47H42ClFN6O7S. The Morgan fingerprint density at radius 2 is 1.73 bits per heavy atom. The molecule has 10 rings (SSSR count). The van der Waals surface area contributed by atoms with Gasteiger partial charge in [-0.15, -0.1) is 11.3 Å². The Labute approximate surface area is 371 Å². The van der Waals surface area contributed by atoms with E-state index in [0.29, 0.717) is 67.2 Å². The molecule has 0 spiro atoms. The minimum Gasteiger partial charge on any atom is -0.508 e. The van der Waals surface area contributed by atoms with E-state index in [1.165, 1.54) is 29.8 Å². The predicted molar refractivity (Wildman–Crippen MR) is 238 cm³/mol. The van der Waals surface area contributed by atoms with Gasteiger partial charge in [-0.3, -0.25) is 4.90 Å². The Kier molecular flexibility index (Phi) is 12.1. The maximum absolute atomic E-state index is 14.2. The van der Waals surface area contributed by atoms with Crippen LogP contribution in [0.15, 0.2) is 97.5 Å². The smallest absolute Gasteiger partial charge is 0.345 e. The van der Waals surface area contributed by atoms with E-state index in [0.717, 1.165) is 47.7 Å². The molecule has 4 bridgehead atoms. The molecule has 7 aromatic rings. The first-order valence-electron chi connectivity index (χ1n) is 20.4. The van der Waals surface area contributed by atoms with Crippen LogP contribution in [-0.4, -0.2) is 105 Å². The molecule has 3 aliphatic rings. The summed E-state index contributed by atoms with van der Waals surface area (Å²) < 4.78 is 40.3. The summed E-state index contributed by atoms with van der Waals surface area (Å²) in [5.41, 5.74) is 4.61. The summed E-state index contributed by atoms with van der Waals surface area (Å²) in [5, 5.41) is 21.4. The number of rotatable bonds is 8. The number of ether oxygens (including phenoxy) is 4. The molecule has 2 atom stereocenters. The first-order valence-corrected chi connectivity index (χ1v) is 21.6. The monoisotopic (exact) mass is 888 g/mol. The van der Waals surface area contributed by atoms with Gasteiger partial charge in [0.05, 0.1) is 16.1 Å². The summed E-state index contributed by atoms with van der Waals surface area (Å²) in [6.45, 7) is 6.23. The molecule has 13 nitrogen and oxygen atoms in total. The zero-order chi connectivity index (χ0) is 43.6. The lowest BCUT2D eigenvalue weighted by Gasteiger charge is -2.34. The minimum atomic E-state index is -1.45. The number of carboxylic acid groups (broad SMARTS) is 1. The summed E-state index contributed by atoms with van der Waals surface area (Å²) in [7, 11) is 2.11. The van der Waals surface area contributed by atoms with E-state index < -0.39 is 18.2 Å². The molecule has 322 valence electrons. The van der Waals surface area contributed by atoms with Gasteiger partial charge in [-0.05, 0) is 97.4 Å². The highest BCUT2D eigenvalue weighted by atomic mass is 35.5. The Morgan fingerprint density at radius 1 is 0.952 bits per heavy atom. The number of fused-ring (bicyclic) bond motifs is 7. The number of hydrogen-bond donors (Lipinski definition) is 2. The van der Waals surface area contributed by atoms with E-state index >= 15 is 0 Å². The number of likely N-dealkylation sites (N-methyl/N-ethyl adjacent to an activating group) is 1. The Balaban J connectivity index is 1.13. The van der Waals surface area contributed by atoms with Gasteiger partial charge < -0.3 is 34.1 Å². The van der Waals surface area contributed by atoms with Gasteiger partial charge in [0.2, 0.25) is 12.0 Å². The number of carboxylic acids is 1. The number of nitrogens with zero attached hydrogens (tertiary/aromatic N) is 6. The van der Waals surface area contributed by atoms with Crippen molar-refractivity contribution in [3.05, 3.63) is 125 Å². The molecule has 0 saturated carbocycles. The zero-order valence-corrected chi connectivity index (χ0v) is 35.9. The molecule has 0 unspecified atom stereocenters. The van der Waals surface area contributed by atoms with Crippen molar-refractivity contribution in [1.29, 1.82) is 0 Å². The fourth-order valence-corrected chi connectivity index (χ4v) is 9.09. The lowest BCUT2D eigenvalue weighted by atomic mass is 9.96. The van der Waals surface area contributed by atoms with Crippen molar-refractivity contribution in [3.63, 3.8) is 0 Å². The highest BCUT2D eigenvalue weighted by Crippen LogP contribution is 2.49. The second kappa shape index (κ2) is 18.1. The van der Waals surface area contributed by atoms with Crippen LogP contribution in [0.4, 0.5) is 4.39 Å². The number of carbonyl (C=O) groups is 1. The summed E-state index contributed by atoms with van der Waals surface area (Å²) >= 11 is 8.57. The summed E-state index contributed by atoms with van der Waals surface area (Å²) in [5.74, 6) is 0.373. The van der Waals surface area contributed by atoms with E-state index in [1.54, 1.807) is 66.9 Å². The third-order valence-corrected chi connectivity index (χ3v) is 12.8. The van der Waals surface area contributed by atoms with Crippen molar-refractivity contribution in [3.8, 4) is 61.8 Å². The van der Waals surface area contributed by atoms with Crippen molar-refractivity contribution in [1.82, 2.24) is 29.7 Å². The molecule has 16 heteroatoms. The number of phenols is 1. The van der Waals surface area contributed by atoms with E-state index in [4.69, 9.17) is 30.5 Å². The van der Waals surface area contributed by atoms with Gasteiger partial charge in [-0.25, -0.2) is 29.1 Å². The molecule has 63 heavy (non-hydrogen) atoms. The van der Waals surface area contributed by atoms with Gasteiger partial charge in [0.25, 0.3) is 0 Å². The number of hydrogen-bond acceptors (Lipinski definition) is 13. The molecule has 1 fully saturated rings. The molecule has 0 radical (unpaired) electrons. The highest BCUT2D eigenvalue weighted by Gasteiger charge is 2.30. The number of piperazine rings is 1. The quantitative estimate of drug-likeness (QED) is 0.151. The first kappa shape index (κ1) is 41.9. The maximum atomic E-state index is 14.2. The average Bonchev–Trinajstić information content (AvgIpc) is 3.68. The number of aromatic hydroxyl groups is 1. The molecule has 4 aromatic carbocycles. The third-order valence-electron chi connectivity index (χ3n) is 11.1. The zero-order valence-electron chi connectivity index (χ0n) is 34.3. The largest absolute Gasteiger partial charge is 0.508 e. The normalized spacial score (nSPS) is 17.1. The summed E-state index contributed by atoms with van der Waals surface area (Å²) in [6, 6.07) is 23.5. The molecule has 3 aromatic heterocycles. The van der Waals surface area contributed by atoms with Gasteiger partial charge in [0.1, 0.15) is 59.3 Å². The van der Waals surface area contributed by atoms with Crippen LogP contribution >= 0.6 is 22.9 Å². The SMILES string of the molecule is Cc1c2ccc(c1Cl)O[C@H](CN1CCN(C)CC1)COc1ccc(OCc3ccnc(-c4ccc(O)cc4)n3)c(c1)C[C@H](C(=O)O)Oc1ncnc3sc(-c4ccc(F)cc4)c-2c13. The van der Waals surface area contributed by atoms with Crippen molar-refractivity contribution < 1.29 is 38.3 Å². The number of aromatic nitrogens is 4. The van der Waals surface area contributed by atoms with Gasteiger partial charge >= 0.3 is 5.97 Å². The fourth-order valence-electron chi connectivity index (χ4n) is 7.73. The van der Waals surface area contributed by atoms with Crippen LogP contribution in [0.25, 0.3) is 43.2 Å². The predicted octanol–water partition coefficient (Wildman–Crippen LogP) is 8.33. The number of halogens is 2. The number of aliphatic carboxylic acids is 1. The second-order valence-electron chi connectivity index (χ2n) is 15.5. The van der Waals surface area contributed by atoms with Gasteiger partial charge in [-0.1, -0.05) is 29.8 Å². The van der Waals surface area contributed by atoms with Gasteiger partial charge in [0.15, 0.2) is 5.82 Å². The van der Waals surface area contributed by atoms with Crippen molar-refractivity contribution in [2.45, 2.75) is 32.2 Å². The second-order valence-corrected chi connectivity index (χ2v) is 16.9. The Bertz CT molecular complexity index is 2790. The average molecular weight is 889 g/mol. The minimum absolute atomic E-state index is 0.0363. The standard InChI is InChI=1S/C47H42ClFN6O7S/c1-27-36-12-14-38(42(27)48)61-35(23-55-19-17-54(2)18-20-55)25-59-34-11-13-37(60-24-32-15-16-50-44(53-32)29-5-9-33(56)10-6-29)30(21-34)22-39(47(57)58)62-45-41-40(36)43(63-46(41)52-26-51-45)28-3-7-31(49)8-4-28/h3-16,21,26,35,39,56H,17-20,22-25H2,1-2H3,(H,57,58)/t35-,39-/m1/s1. The molecule has 0 aliphatic carbocycles. The number of phenolic OH excluding ortho intramolecular Hbond substituents is 1. The molecular weight excluding hydrogens is 847 g/mol. The van der Waals surface area contributed by atoms with Crippen LogP contribution in [-0.2, 0) is 17.8 Å². The van der Waals surface area contributed by atoms with Crippen LogP contribution in [0, 0.1) is 12.7 Å². The van der Waals surface area contributed by atoms with E-state index in [9.17, 15) is 19.4 Å². The molecule has 1 saturated heterocycles. The Morgan fingerprint density at radius 3 is 2.51 bits per heavy atom. The topological polar surface area (TPSA) is 152 Å². The van der Waals surface area contributed by atoms with Gasteiger partial charge in [0, 0.05) is 66.9 Å². The van der Waals surface area contributed by atoms with E-state index in [-0.39, 0.29) is 37.1 Å². The van der Waals surface area contributed by atoms with Crippen molar-refractivity contribution >= 4 is 39.1 Å². The fraction of sp³-hybridized carbons (Fsp3) is 0.255. The summed E-state index contributed by atoms with van der Waals surface area (Å²) in [6.07, 6.45) is 0.934. The molecule has 6 heterocycles. The van der Waals surface area contributed by atoms with E-state index in [1.807, 2.05) is 19.1 Å². The van der Waals surface area contributed by atoms with E-state index in [2.05, 4.69) is 36.8 Å². The molecule has 3 aliphatic heterocycles. The van der Waals surface area contributed by atoms with Crippen LogP contribution in [0.2, 0.25) is 5.02 Å². The van der Waals surface area contributed by atoms with Crippen LogP contribution in [0.3, 0.4) is 0 Å². The first-order chi connectivity index (χ1) is 30.6. The summed E-state index contributed by atoms with van der Waals surface area (Å²) in [4.78, 5) is 37.3. The number of benzene rings is 4.